The van der Waals surface area contributed by atoms with Crippen molar-refractivity contribution in [2.75, 3.05) is 12.3 Å². The standard InChI is InChI=1S/C11H15FN2O2/c1-7(2)14-11(15)6-16-10-4-3-8(13)5-9(10)12/h3-5,7H,6,13H2,1-2H3,(H,14,15). The van der Waals surface area contributed by atoms with Crippen LogP contribution < -0.4 is 15.8 Å². The molecule has 1 rings (SSSR count). The number of nitrogens with one attached hydrogen (secondary N) is 1. The molecule has 0 heterocycles. The third-order valence-electron chi connectivity index (χ3n) is 1.76. The molecule has 0 unspecified atom stereocenters. The first-order valence-corrected chi connectivity index (χ1v) is 4.96. The Morgan fingerprint density at radius 1 is 1.56 bits per heavy atom. The molecular formula is C11H15FN2O2. The van der Waals surface area contributed by atoms with E-state index in [9.17, 15) is 9.18 Å². The van der Waals surface area contributed by atoms with Crippen molar-refractivity contribution >= 4 is 11.6 Å². The van der Waals surface area contributed by atoms with Gasteiger partial charge in [0.25, 0.3) is 5.91 Å². The average molecular weight is 226 g/mol. The topological polar surface area (TPSA) is 64.3 Å². The molecule has 1 amide bonds. The highest BCUT2D eigenvalue weighted by Crippen LogP contribution is 2.18. The first-order chi connectivity index (χ1) is 7.49. The second-order valence-electron chi connectivity index (χ2n) is 3.70. The van der Waals surface area contributed by atoms with Gasteiger partial charge in [0.2, 0.25) is 0 Å². The molecule has 0 saturated carbocycles. The number of nitrogen functional groups attached to an aromatic ring is 1. The summed E-state index contributed by atoms with van der Waals surface area (Å²) >= 11 is 0. The van der Waals surface area contributed by atoms with E-state index in [-0.39, 0.29) is 24.3 Å². The zero-order valence-corrected chi connectivity index (χ0v) is 9.29. The highest BCUT2D eigenvalue weighted by atomic mass is 19.1. The Bertz CT molecular complexity index is 380. The van der Waals surface area contributed by atoms with Crippen molar-refractivity contribution in [1.29, 1.82) is 0 Å². The van der Waals surface area contributed by atoms with Gasteiger partial charge in [-0.1, -0.05) is 0 Å². The van der Waals surface area contributed by atoms with Crippen LogP contribution in [0.15, 0.2) is 18.2 Å². The van der Waals surface area contributed by atoms with Crippen molar-refractivity contribution in [1.82, 2.24) is 5.32 Å². The summed E-state index contributed by atoms with van der Waals surface area (Å²) in [5.41, 5.74) is 5.69. The molecule has 0 atom stereocenters. The normalized spacial score (nSPS) is 10.2. The molecule has 88 valence electrons. The molecule has 5 heteroatoms. The SMILES string of the molecule is CC(C)NC(=O)COc1ccc(N)cc1F. The lowest BCUT2D eigenvalue weighted by molar-refractivity contribution is -0.123. The second kappa shape index (κ2) is 5.34. The Kier molecular flexibility index (Phi) is 4.10. The summed E-state index contributed by atoms with van der Waals surface area (Å²) in [6, 6.07) is 4.09. The number of anilines is 1. The van der Waals surface area contributed by atoms with Gasteiger partial charge in [-0.15, -0.1) is 0 Å². The number of hydrogen-bond acceptors (Lipinski definition) is 3. The smallest absolute Gasteiger partial charge is 0.258 e. The lowest BCUT2D eigenvalue weighted by Crippen LogP contribution is -2.34. The van der Waals surface area contributed by atoms with Gasteiger partial charge in [0.05, 0.1) is 0 Å². The van der Waals surface area contributed by atoms with Crippen molar-refractivity contribution in [2.45, 2.75) is 19.9 Å². The van der Waals surface area contributed by atoms with E-state index in [1.54, 1.807) is 0 Å². The van der Waals surface area contributed by atoms with E-state index in [1.807, 2.05) is 13.8 Å². The van der Waals surface area contributed by atoms with Gasteiger partial charge in [0.15, 0.2) is 18.2 Å². The van der Waals surface area contributed by atoms with Crippen LogP contribution in [0.3, 0.4) is 0 Å². The number of carbonyl (C=O) groups excluding carboxylic acids is 1. The summed E-state index contributed by atoms with van der Waals surface area (Å²) in [6.45, 7) is 3.46. The van der Waals surface area contributed by atoms with Crippen LogP contribution in [-0.2, 0) is 4.79 Å². The fourth-order valence-electron chi connectivity index (χ4n) is 1.14. The van der Waals surface area contributed by atoms with E-state index in [0.717, 1.165) is 6.07 Å². The molecule has 0 spiro atoms. The first kappa shape index (κ1) is 12.3. The molecule has 16 heavy (non-hydrogen) atoms. The molecule has 0 fully saturated rings. The molecule has 0 aliphatic heterocycles. The Balaban J connectivity index is 2.51. The highest BCUT2D eigenvalue weighted by molar-refractivity contribution is 5.77. The van der Waals surface area contributed by atoms with E-state index >= 15 is 0 Å². The molecule has 4 nitrogen and oxygen atoms in total. The second-order valence-corrected chi connectivity index (χ2v) is 3.70. The van der Waals surface area contributed by atoms with Crippen LogP contribution in [0.1, 0.15) is 13.8 Å². The van der Waals surface area contributed by atoms with E-state index in [1.165, 1.54) is 12.1 Å². The maximum Gasteiger partial charge on any atom is 0.258 e. The predicted molar refractivity (Wildman–Crippen MR) is 59.6 cm³/mol. The molecule has 1 aromatic rings. The van der Waals surface area contributed by atoms with E-state index in [0.29, 0.717) is 5.69 Å². The van der Waals surface area contributed by atoms with E-state index < -0.39 is 5.82 Å². The van der Waals surface area contributed by atoms with Crippen molar-refractivity contribution in [3.63, 3.8) is 0 Å². The maximum atomic E-state index is 13.2. The number of halogens is 1. The molecule has 0 aliphatic rings. The quantitative estimate of drug-likeness (QED) is 0.761. The van der Waals surface area contributed by atoms with Gasteiger partial charge in [0, 0.05) is 17.8 Å². The van der Waals surface area contributed by atoms with Crippen LogP contribution in [-0.4, -0.2) is 18.6 Å². The molecule has 0 saturated heterocycles. The van der Waals surface area contributed by atoms with Crippen LogP contribution in [0, 0.1) is 5.82 Å². The average Bonchev–Trinajstić information content (AvgIpc) is 2.15. The minimum atomic E-state index is -0.572. The van der Waals surface area contributed by atoms with Gasteiger partial charge in [0.1, 0.15) is 0 Å². The largest absolute Gasteiger partial charge is 0.481 e. The van der Waals surface area contributed by atoms with E-state index in [2.05, 4.69) is 5.32 Å². The van der Waals surface area contributed by atoms with Crippen molar-refractivity contribution in [3.05, 3.63) is 24.0 Å². The summed E-state index contributed by atoms with van der Waals surface area (Å²) in [5, 5.41) is 2.63. The predicted octanol–water partition coefficient (Wildman–Crippen LogP) is 1.31. The van der Waals surface area contributed by atoms with Gasteiger partial charge in [-0.2, -0.15) is 0 Å². The minimum absolute atomic E-state index is 0.0214. The molecule has 1 aromatic carbocycles. The van der Waals surface area contributed by atoms with Crippen LogP contribution >= 0.6 is 0 Å². The van der Waals surface area contributed by atoms with Gasteiger partial charge in [-0.3, -0.25) is 4.79 Å². The minimum Gasteiger partial charge on any atom is -0.481 e. The number of rotatable bonds is 4. The Hall–Kier alpha value is -1.78. The lowest BCUT2D eigenvalue weighted by atomic mass is 10.3. The Labute approximate surface area is 93.6 Å². The summed E-state index contributed by atoms with van der Waals surface area (Å²) < 4.78 is 18.2. The first-order valence-electron chi connectivity index (χ1n) is 4.96. The van der Waals surface area contributed by atoms with Crippen LogP contribution in [0.2, 0.25) is 0 Å². The fraction of sp³-hybridized carbons (Fsp3) is 0.364. The third kappa shape index (κ3) is 3.76. The van der Waals surface area contributed by atoms with Crippen molar-refractivity contribution in [2.24, 2.45) is 0 Å². The lowest BCUT2D eigenvalue weighted by Gasteiger charge is -2.10. The third-order valence-corrected chi connectivity index (χ3v) is 1.76. The van der Waals surface area contributed by atoms with E-state index in [4.69, 9.17) is 10.5 Å². The number of ether oxygens (including phenoxy) is 1. The summed E-state index contributed by atoms with van der Waals surface area (Å²) in [4.78, 5) is 11.2. The van der Waals surface area contributed by atoms with Gasteiger partial charge < -0.3 is 15.8 Å². The van der Waals surface area contributed by atoms with Gasteiger partial charge >= 0.3 is 0 Å². The van der Waals surface area contributed by atoms with Gasteiger partial charge in [-0.25, -0.2) is 4.39 Å². The Morgan fingerprint density at radius 3 is 2.81 bits per heavy atom. The van der Waals surface area contributed by atoms with Crippen LogP contribution in [0.25, 0.3) is 0 Å². The molecule has 3 N–H and O–H groups in total. The number of benzene rings is 1. The maximum absolute atomic E-state index is 13.2. The summed E-state index contributed by atoms with van der Waals surface area (Å²) in [5.74, 6) is -0.836. The van der Waals surface area contributed by atoms with Crippen molar-refractivity contribution < 1.29 is 13.9 Å². The fourth-order valence-corrected chi connectivity index (χ4v) is 1.14. The summed E-state index contributed by atoms with van der Waals surface area (Å²) in [7, 11) is 0. The molecular weight excluding hydrogens is 211 g/mol. The number of nitrogens with two attached hydrogens (primary N) is 1. The molecule has 0 aromatic heterocycles. The highest BCUT2D eigenvalue weighted by Gasteiger charge is 2.07. The summed E-state index contributed by atoms with van der Waals surface area (Å²) in [6.07, 6.45) is 0. The monoisotopic (exact) mass is 226 g/mol. The zero-order chi connectivity index (χ0) is 12.1. The molecule has 0 aliphatic carbocycles. The zero-order valence-electron chi connectivity index (χ0n) is 9.29. The number of carbonyl (C=O) groups is 1. The van der Waals surface area contributed by atoms with Gasteiger partial charge in [-0.05, 0) is 26.0 Å². The molecule has 0 radical (unpaired) electrons. The van der Waals surface area contributed by atoms with Crippen LogP contribution in [0.4, 0.5) is 10.1 Å². The Morgan fingerprint density at radius 2 is 2.25 bits per heavy atom. The molecule has 0 bridgehead atoms. The number of amides is 1. The number of hydrogen-bond donors (Lipinski definition) is 2. The van der Waals surface area contributed by atoms with Crippen LogP contribution in [0.5, 0.6) is 5.75 Å². The van der Waals surface area contributed by atoms with Crippen molar-refractivity contribution in [3.8, 4) is 5.75 Å².